The third kappa shape index (κ3) is 2.42. The summed E-state index contributed by atoms with van der Waals surface area (Å²) in [5.41, 5.74) is 3.90. The molecule has 3 aromatic rings. The van der Waals surface area contributed by atoms with E-state index in [0.717, 1.165) is 42.1 Å². The zero-order valence-corrected chi connectivity index (χ0v) is 13.0. The molecule has 5 nitrogen and oxygen atoms in total. The van der Waals surface area contributed by atoms with Crippen molar-refractivity contribution in [2.45, 2.75) is 25.8 Å². The number of hydrogen-bond donors (Lipinski definition) is 1. The first-order chi connectivity index (χ1) is 11.2. The van der Waals surface area contributed by atoms with Gasteiger partial charge in [0.15, 0.2) is 0 Å². The van der Waals surface area contributed by atoms with Gasteiger partial charge < -0.3 is 9.88 Å². The number of rotatable bonds is 2. The van der Waals surface area contributed by atoms with Crippen molar-refractivity contribution in [2.24, 2.45) is 0 Å². The van der Waals surface area contributed by atoms with Gasteiger partial charge in [-0.3, -0.25) is 0 Å². The molecule has 0 amide bonds. The summed E-state index contributed by atoms with van der Waals surface area (Å²) in [6, 6.07) is 12.3. The maximum absolute atomic E-state index is 8.91. The van der Waals surface area contributed by atoms with E-state index in [1.54, 1.807) is 6.20 Å². The second kappa shape index (κ2) is 5.40. The molecule has 23 heavy (non-hydrogen) atoms. The lowest BCUT2D eigenvalue weighted by Crippen LogP contribution is -2.24. The molecule has 2 aromatic heterocycles. The molecule has 4 rings (SSSR count). The molecule has 114 valence electrons. The minimum absolute atomic E-state index is 0.211. The van der Waals surface area contributed by atoms with Crippen molar-refractivity contribution < 1.29 is 0 Å². The largest absolute Gasteiger partial charge is 0.346 e. The Labute approximate surface area is 134 Å². The van der Waals surface area contributed by atoms with Gasteiger partial charge in [0, 0.05) is 12.7 Å². The SMILES string of the molecule is Cc1ccc2nc([C@@H]3CCCN3c3ccc(C#N)cn3)[nH]c2c1. The van der Waals surface area contributed by atoms with Crippen molar-refractivity contribution in [1.82, 2.24) is 15.0 Å². The Balaban J connectivity index is 1.69. The molecule has 1 aliphatic heterocycles. The number of nitrogens with one attached hydrogen (secondary N) is 1. The minimum atomic E-state index is 0.211. The van der Waals surface area contributed by atoms with E-state index in [0.29, 0.717) is 5.56 Å². The first-order valence-corrected chi connectivity index (χ1v) is 7.83. The number of nitriles is 1. The molecule has 0 radical (unpaired) electrons. The van der Waals surface area contributed by atoms with E-state index in [4.69, 9.17) is 10.2 Å². The van der Waals surface area contributed by atoms with Gasteiger partial charge in [0.2, 0.25) is 0 Å². The Kier molecular flexibility index (Phi) is 3.23. The van der Waals surface area contributed by atoms with Crippen LogP contribution in [0.1, 0.15) is 35.8 Å². The van der Waals surface area contributed by atoms with Crippen molar-refractivity contribution in [2.75, 3.05) is 11.4 Å². The molecule has 1 fully saturated rings. The van der Waals surface area contributed by atoms with Crippen LogP contribution in [0, 0.1) is 18.3 Å². The highest BCUT2D eigenvalue weighted by molar-refractivity contribution is 5.76. The Morgan fingerprint density at radius 2 is 2.22 bits per heavy atom. The number of benzene rings is 1. The summed E-state index contributed by atoms with van der Waals surface area (Å²) in [7, 11) is 0. The summed E-state index contributed by atoms with van der Waals surface area (Å²) in [4.78, 5) is 14.9. The number of pyridine rings is 1. The van der Waals surface area contributed by atoms with E-state index < -0.39 is 0 Å². The molecule has 3 heterocycles. The quantitative estimate of drug-likeness (QED) is 0.787. The van der Waals surface area contributed by atoms with E-state index in [1.165, 1.54) is 5.56 Å². The second-order valence-electron chi connectivity index (χ2n) is 6.01. The Hall–Kier alpha value is -2.87. The molecule has 5 heteroatoms. The van der Waals surface area contributed by atoms with Crippen LogP contribution in [0.25, 0.3) is 11.0 Å². The van der Waals surface area contributed by atoms with Crippen LogP contribution < -0.4 is 4.90 Å². The van der Waals surface area contributed by atoms with Gasteiger partial charge >= 0.3 is 0 Å². The van der Waals surface area contributed by atoms with Crippen molar-refractivity contribution in [3.63, 3.8) is 0 Å². The van der Waals surface area contributed by atoms with Gasteiger partial charge in [-0.25, -0.2) is 9.97 Å². The highest BCUT2D eigenvalue weighted by Crippen LogP contribution is 2.34. The van der Waals surface area contributed by atoms with Crippen molar-refractivity contribution in [1.29, 1.82) is 5.26 Å². The molecular formula is C18H17N5. The molecule has 1 aliphatic rings. The van der Waals surface area contributed by atoms with Crippen LogP contribution in [0.15, 0.2) is 36.5 Å². The van der Waals surface area contributed by atoms with Crippen LogP contribution in [0.3, 0.4) is 0 Å². The lowest BCUT2D eigenvalue weighted by atomic mass is 10.2. The molecule has 1 saturated heterocycles. The van der Waals surface area contributed by atoms with E-state index in [-0.39, 0.29) is 6.04 Å². The fourth-order valence-corrected chi connectivity index (χ4v) is 3.25. The fourth-order valence-electron chi connectivity index (χ4n) is 3.25. The van der Waals surface area contributed by atoms with Gasteiger partial charge in [-0.15, -0.1) is 0 Å². The molecule has 0 aliphatic carbocycles. The molecule has 1 aromatic carbocycles. The standard InChI is InChI=1S/C18H17N5/c1-12-4-6-14-15(9-12)22-18(21-14)16-3-2-8-23(16)17-7-5-13(10-19)11-20-17/h4-7,9,11,16H,2-3,8H2,1H3,(H,21,22)/t16-/m0/s1. The predicted molar refractivity (Wildman–Crippen MR) is 89.1 cm³/mol. The molecule has 0 spiro atoms. The van der Waals surface area contributed by atoms with Crippen LogP contribution in [0.2, 0.25) is 0 Å². The summed E-state index contributed by atoms with van der Waals surface area (Å²) in [6.45, 7) is 3.04. The first-order valence-electron chi connectivity index (χ1n) is 7.83. The maximum atomic E-state index is 8.91. The predicted octanol–water partition coefficient (Wildman–Crippen LogP) is 3.48. The lowest BCUT2D eigenvalue weighted by molar-refractivity contribution is 0.673. The summed E-state index contributed by atoms with van der Waals surface area (Å²) in [6.07, 6.45) is 3.80. The number of aryl methyl sites for hydroxylation is 1. The van der Waals surface area contributed by atoms with E-state index >= 15 is 0 Å². The van der Waals surface area contributed by atoms with Crippen LogP contribution in [0.5, 0.6) is 0 Å². The number of aromatic nitrogens is 3. The Morgan fingerprint density at radius 3 is 3.00 bits per heavy atom. The second-order valence-corrected chi connectivity index (χ2v) is 6.01. The monoisotopic (exact) mass is 303 g/mol. The number of anilines is 1. The highest BCUT2D eigenvalue weighted by atomic mass is 15.2. The topological polar surface area (TPSA) is 68.6 Å². The molecule has 0 unspecified atom stereocenters. The zero-order chi connectivity index (χ0) is 15.8. The summed E-state index contributed by atoms with van der Waals surface area (Å²) >= 11 is 0. The Bertz CT molecular complexity index is 888. The molecule has 0 bridgehead atoms. The zero-order valence-electron chi connectivity index (χ0n) is 13.0. The third-order valence-electron chi connectivity index (χ3n) is 4.40. The molecule has 0 saturated carbocycles. The normalized spacial score (nSPS) is 17.6. The molecule has 1 N–H and O–H groups in total. The first kappa shape index (κ1) is 13.8. The van der Waals surface area contributed by atoms with Gasteiger partial charge in [0.1, 0.15) is 17.7 Å². The van der Waals surface area contributed by atoms with Crippen LogP contribution >= 0.6 is 0 Å². The minimum Gasteiger partial charge on any atom is -0.346 e. The molecule has 1 atom stereocenters. The van der Waals surface area contributed by atoms with Gasteiger partial charge in [-0.1, -0.05) is 6.07 Å². The van der Waals surface area contributed by atoms with Gasteiger partial charge in [0.05, 0.1) is 22.6 Å². The van der Waals surface area contributed by atoms with E-state index in [1.807, 2.05) is 12.1 Å². The van der Waals surface area contributed by atoms with Gasteiger partial charge in [-0.05, 0) is 49.6 Å². The van der Waals surface area contributed by atoms with Gasteiger partial charge in [-0.2, -0.15) is 5.26 Å². The maximum Gasteiger partial charge on any atom is 0.130 e. The van der Waals surface area contributed by atoms with Crippen LogP contribution in [0.4, 0.5) is 5.82 Å². The highest BCUT2D eigenvalue weighted by Gasteiger charge is 2.29. The number of nitrogens with zero attached hydrogens (tertiary/aromatic N) is 4. The third-order valence-corrected chi connectivity index (χ3v) is 4.40. The summed E-state index contributed by atoms with van der Waals surface area (Å²) < 4.78 is 0. The van der Waals surface area contributed by atoms with Crippen molar-refractivity contribution in [3.05, 3.63) is 53.5 Å². The number of aromatic amines is 1. The van der Waals surface area contributed by atoms with Crippen LogP contribution in [-0.4, -0.2) is 21.5 Å². The Morgan fingerprint density at radius 1 is 1.30 bits per heavy atom. The average molecular weight is 303 g/mol. The summed E-state index contributed by atoms with van der Waals surface area (Å²) in [5.74, 6) is 1.90. The number of H-pyrrole nitrogens is 1. The number of hydrogen-bond acceptors (Lipinski definition) is 4. The van der Waals surface area contributed by atoms with Crippen LogP contribution in [-0.2, 0) is 0 Å². The lowest BCUT2D eigenvalue weighted by Gasteiger charge is -2.24. The average Bonchev–Trinajstić information content (AvgIpc) is 3.20. The van der Waals surface area contributed by atoms with Crippen molar-refractivity contribution >= 4 is 16.9 Å². The summed E-state index contributed by atoms with van der Waals surface area (Å²) in [5, 5.41) is 8.91. The number of imidazole rings is 1. The fraction of sp³-hybridized carbons (Fsp3) is 0.278. The van der Waals surface area contributed by atoms with Crippen molar-refractivity contribution in [3.8, 4) is 6.07 Å². The van der Waals surface area contributed by atoms with E-state index in [2.05, 4.69) is 46.1 Å². The number of fused-ring (bicyclic) bond motifs is 1. The van der Waals surface area contributed by atoms with Gasteiger partial charge in [0.25, 0.3) is 0 Å². The molecular weight excluding hydrogens is 286 g/mol. The van der Waals surface area contributed by atoms with E-state index in [9.17, 15) is 0 Å². The smallest absolute Gasteiger partial charge is 0.130 e.